The number of nitrogens with one attached hydrogen (secondary N) is 1. The molecule has 0 saturated heterocycles. The standard InChI is InChI=1S/C13H22N2O/c1-4-13(5-2,10-16)15-9-12-6-11(3)7-14-8-12/h6-8,15-16H,4-5,9-10H2,1-3H3. The van der Waals surface area contributed by atoms with Crippen LogP contribution in [0.15, 0.2) is 18.5 Å². The summed E-state index contributed by atoms with van der Waals surface area (Å²) < 4.78 is 0. The maximum Gasteiger partial charge on any atom is 0.0613 e. The highest BCUT2D eigenvalue weighted by Gasteiger charge is 2.23. The van der Waals surface area contributed by atoms with Gasteiger partial charge in [-0.3, -0.25) is 4.98 Å². The average molecular weight is 222 g/mol. The quantitative estimate of drug-likeness (QED) is 0.774. The summed E-state index contributed by atoms with van der Waals surface area (Å²) in [6.45, 7) is 7.17. The largest absolute Gasteiger partial charge is 0.394 e. The van der Waals surface area contributed by atoms with E-state index in [4.69, 9.17) is 0 Å². The summed E-state index contributed by atoms with van der Waals surface area (Å²) in [4.78, 5) is 4.16. The lowest BCUT2D eigenvalue weighted by Gasteiger charge is -2.31. The van der Waals surface area contributed by atoms with Crippen molar-refractivity contribution in [3.8, 4) is 0 Å². The molecule has 0 radical (unpaired) electrons. The van der Waals surface area contributed by atoms with Gasteiger partial charge < -0.3 is 10.4 Å². The fourth-order valence-electron chi connectivity index (χ4n) is 1.78. The highest BCUT2D eigenvalue weighted by atomic mass is 16.3. The number of aromatic nitrogens is 1. The number of rotatable bonds is 6. The Bertz CT molecular complexity index is 313. The Labute approximate surface area is 97.9 Å². The molecule has 0 aliphatic heterocycles. The van der Waals surface area contributed by atoms with Crippen molar-refractivity contribution in [1.82, 2.24) is 10.3 Å². The van der Waals surface area contributed by atoms with Crippen LogP contribution in [-0.4, -0.2) is 22.2 Å². The fourth-order valence-corrected chi connectivity index (χ4v) is 1.78. The third-order valence-corrected chi connectivity index (χ3v) is 3.26. The van der Waals surface area contributed by atoms with Crippen LogP contribution in [0.3, 0.4) is 0 Å². The smallest absolute Gasteiger partial charge is 0.0613 e. The van der Waals surface area contributed by atoms with Gasteiger partial charge in [0.05, 0.1) is 6.61 Å². The summed E-state index contributed by atoms with van der Waals surface area (Å²) in [5.41, 5.74) is 2.19. The molecule has 1 aromatic heterocycles. The topological polar surface area (TPSA) is 45.1 Å². The number of hydrogen-bond donors (Lipinski definition) is 2. The first kappa shape index (κ1) is 13.1. The van der Waals surface area contributed by atoms with Crippen LogP contribution in [0.2, 0.25) is 0 Å². The van der Waals surface area contributed by atoms with Crippen molar-refractivity contribution in [3.05, 3.63) is 29.6 Å². The van der Waals surface area contributed by atoms with Gasteiger partial charge in [0.25, 0.3) is 0 Å². The Morgan fingerprint density at radius 2 is 2.00 bits per heavy atom. The fraction of sp³-hybridized carbons (Fsp3) is 0.615. The van der Waals surface area contributed by atoms with Crippen molar-refractivity contribution >= 4 is 0 Å². The van der Waals surface area contributed by atoms with Gasteiger partial charge in [-0.1, -0.05) is 19.9 Å². The molecule has 0 atom stereocenters. The average Bonchev–Trinajstić information content (AvgIpc) is 2.32. The molecular weight excluding hydrogens is 200 g/mol. The second-order valence-corrected chi connectivity index (χ2v) is 4.37. The molecule has 1 rings (SSSR count). The molecule has 0 fully saturated rings. The molecule has 1 aromatic rings. The van der Waals surface area contributed by atoms with Gasteiger partial charge in [0, 0.05) is 24.5 Å². The Morgan fingerprint density at radius 1 is 1.31 bits per heavy atom. The zero-order valence-electron chi connectivity index (χ0n) is 10.5. The molecule has 0 aromatic carbocycles. The molecule has 2 N–H and O–H groups in total. The zero-order valence-corrected chi connectivity index (χ0v) is 10.5. The SMILES string of the molecule is CCC(CC)(CO)NCc1cncc(C)c1. The molecule has 90 valence electrons. The van der Waals surface area contributed by atoms with Crippen molar-refractivity contribution in [1.29, 1.82) is 0 Å². The van der Waals surface area contributed by atoms with Crippen molar-refractivity contribution in [2.45, 2.75) is 45.7 Å². The van der Waals surface area contributed by atoms with E-state index >= 15 is 0 Å². The third kappa shape index (κ3) is 3.29. The predicted octanol–water partition coefficient (Wildman–Crippen LogP) is 2.03. The van der Waals surface area contributed by atoms with E-state index in [1.807, 2.05) is 19.3 Å². The van der Waals surface area contributed by atoms with Crippen LogP contribution in [0.5, 0.6) is 0 Å². The van der Waals surface area contributed by atoms with Crippen LogP contribution in [0.1, 0.15) is 37.8 Å². The number of aliphatic hydroxyl groups is 1. The lowest BCUT2D eigenvalue weighted by atomic mass is 9.93. The molecule has 1 heterocycles. The second kappa shape index (κ2) is 5.97. The number of nitrogens with zero attached hydrogens (tertiary/aromatic N) is 1. The van der Waals surface area contributed by atoms with Crippen molar-refractivity contribution in [2.24, 2.45) is 0 Å². The maximum atomic E-state index is 9.43. The van der Waals surface area contributed by atoms with E-state index in [9.17, 15) is 5.11 Å². The van der Waals surface area contributed by atoms with Gasteiger partial charge in [0.15, 0.2) is 0 Å². The van der Waals surface area contributed by atoms with Gasteiger partial charge in [-0.05, 0) is 30.9 Å². The highest BCUT2D eigenvalue weighted by molar-refractivity contribution is 5.16. The molecule has 0 spiro atoms. The van der Waals surface area contributed by atoms with E-state index in [0.29, 0.717) is 0 Å². The first-order valence-corrected chi connectivity index (χ1v) is 5.92. The third-order valence-electron chi connectivity index (χ3n) is 3.26. The van der Waals surface area contributed by atoms with Crippen LogP contribution in [0, 0.1) is 6.92 Å². The van der Waals surface area contributed by atoms with Gasteiger partial charge in [-0.25, -0.2) is 0 Å². The molecular formula is C13H22N2O. The molecule has 3 nitrogen and oxygen atoms in total. The number of pyridine rings is 1. The number of aryl methyl sites for hydroxylation is 1. The van der Waals surface area contributed by atoms with Gasteiger partial charge in [-0.2, -0.15) is 0 Å². The predicted molar refractivity (Wildman–Crippen MR) is 66.2 cm³/mol. The maximum absolute atomic E-state index is 9.43. The minimum atomic E-state index is -0.149. The minimum Gasteiger partial charge on any atom is -0.394 e. The molecule has 16 heavy (non-hydrogen) atoms. The molecule has 0 saturated carbocycles. The van der Waals surface area contributed by atoms with Crippen molar-refractivity contribution in [2.75, 3.05) is 6.61 Å². The first-order chi connectivity index (χ1) is 7.65. The van der Waals surface area contributed by atoms with Gasteiger partial charge >= 0.3 is 0 Å². The van der Waals surface area contributed by atoms with Gasteiger partial charge in [0.2, 0.25) is 0 Å². The van der Waals surface area contributed by atoms with Gasteiger partial charge in [-0.15, -0.1) is 0 Å². The van der Waals surface area contributed by atoms with Crippen LogP contribution in [0.25, 0.3) is 0 Å². The number of hydrogen-bond acceptors (Lipinski definition) is 3. The summed E-state index contributed by atoms with van der Waals surface area (Å²) in [6.07, 6.45) is 5.58. The van der Waals surface area contributed by atoms with E-state index in [2.05, 4.69) is 30.2 Å². The van der Waals surface area contributed by atoms with E-state index in [0.717, 1.165) is 19.4 Å². The van der Waals surface area contributed by atoms with E-state index < -0.39 is 0 Å². The molecule has 0 amide bonds. The summed E-state index contributed by atoms with van der Waals surface area (Å²) in [7, 11) is 0. The van der Waals surface area contributed by atoms with E-state index in [1.54, 1.807) is 0 Å². The Balaban J connectivity index is 2.62. The monoisotopic (exact) mass is 222 g/mol. The molecule has 0 aliphatic rings. The first-order valence-electron chi connectivity index (χ1n) is 5.92. The second-order valence-electron chi connectivity index (χ2n) is 4.37. The molecule has 3 heteroatoms. The van der Waals surface area contributed by atoms with Crippen LogP contribution >= 0.6 is 0 Å². The van der Waals surface area contributed by atoms with Crippen LogP contribution in [-0.2, 0) is 6.54 Å². The van der Waals surface area contributed by atoms with Crippen LogP contribution in [0.4, 0.5) is 0 Å². The summed E-state index contributed by atoms with van der Waals surface area (Å²) in [5.74, 6) is 0. The minimum absolute atomic E-state index is 0.149. The summed E-state index contributed by atoms with van der Waals surface area (Å²) in [5, 5.41) is 12.9. The van der Waals surface area contributed by atoms with Gasteiger partial charge in [0.1, 0.15) is 0 Å². The summed E-state index contributed by atoms with van der Waals surface area (Å²) >= 11 is 0. The van der Waals surface area contributed by atoms with Crippen LogP contribution < -0.4 is 5.32 Å². The molecule has 0 bridgehead atoms. The Kier molecular flexibility index (Phi) is 4.90. The van der Waals surface area contributed by atoms with E-state index in [-0.39, 0.29) is 12.1 Å². The molecule has 0 aliphatic carbocycles. The normalized spacial score (nSPS) is 11.8. The van der Waals surface area contributed by atoms with E-state index in [1.165, 1.54) is 11.1 Å². The molecule has 0 unspecified atom stereocenters. The summed E-state index contributed by atoms with van der Waals surface area (Å²) in [6, 6.07) is 2.12. The zero-order chi connectivity index (χ0) is 12.0. The van der Waals surface area contributed by atoms with Crippen molar-refractivity contribution in [3.63, 3.8) is 0 Å². The Hall–Kier alpha value is -0.930. The number of aliphatic hydroxyl groups excluding tert-OH is 1. The highest BCUT2D eigenvalue weighted by Crippen LogP contribution is 2.15. The lowest BCUT2D eigenvalue weighted by Crippen LogP contribution is -2.47. The Morgan fingerprint density at radius 3 is 2.50 bits per heavy atom. The van der Waals surface area contributed by atoms with Crippen molar-refractivity contribution < 1.29 is 5.11 Å². The lowest BCUT2D eigenvalue weighted by molar-refractivity contribution is 0.149.